The van der Waals surface area contributed by atoms with Crippen LogP contribution in [0.4, 0.5) is 0 Å². The molecule has 0 saturated carbocycles. The molecule has 10 heteroatoms. The summed E-state index contributed by atoms with van der Waals surface area (Å²) in [4.78, 5) is 42.2. The fourth-order valence-electron chi connectivity index (χ4n) is 7.19. The van der Waals surface area contributed by atoms with Crippen LogP contribution >= 0.6 is 0 Å². The first-order chi connectivity index (χ1) is 22.2. The van der Waals surface area contributed by atoms with Gasteiger partial charge in [-0.05, 0) is 60.4 Å². The molecule has 10 nitrogen and oxygen atoms in total. The minimum absolute atomic E-state index is 0.0654. The number of rotatable bonds is 7. The average Bonchev–Trinajstić information content (AvgIpc) is 3.56. The Balaban J connectivity index is 1.46. The van der Waals surface area contributed by atoms with E-state index >= 15 is 0 Å². The van der Waals surface area contributed by atoms with Crippen molar-refractivity contribution in [3.63, 3.8) is 0 Å². The number of nitrogens with zero attached hydrogens (tertiary/aromatic N) is 1. The summed E-state index contributed by atoms with van der Waals surface area (Å²) in [6.07, 6.45) is 5.22. The summed E-state index contributed by atoms with van der Waals surface area (Å²) < 4.78 is 11.8. The number of benzene rings is 2. The smallest absolute Gasteiger partial charge is 0.249 e. The molecule has 1 saturated heterocycles. The Kier molecular flexibility index (Phi) is 10.8. The number of methoxy groups -OCH3 is 1. The van der Waals surface area contributed by atoms with Crippen molar-refractivity contribution in [1.29, 1.82) is 0 Å². The van der Waals surface area contributed by atoms with Crippen molar-refractivity contribution in [2.45, 2.75) is 88.7 Å². The van der Waals surface area contributed by atoms with E-state index in [9.17, 15) is 19.5 Å². The molecule has 3 amide bonds. The second-order valence-electron chi connectivity index (χ2n) is 12.8. The minimum atomic E-state index is -1.06. The minimum Gasteiger partial charge on any atom is -0.497 e. The third kappa shape index (κ3) is 7.14. The first-order valence-corrected chi connectivity index (χ1v) is 16.5. The second-order valence-corrected chi connectivity index (χ2v) is 12.8. The summed E-state index contributed by atoms with van der Waals surface area (Å²) in [6.45, 7) is 6.29. The SMILES string of the molecule is CCC(C)C1(NC(C)=O)CCN([C@H]2CC=CCO[C@@H]3C[C@H](NC[C@@H](O)[C@H](Cc4ccccc4)NC2=O)c2cc(OC)ccc23)C1=O. The van der Waals surface area contributed by atoms with E-state index in [1.165, 1.54) is 6.92 Å². The van der Waals surface area contributed by atoms with Crippen molar-refractivity contribution >= 4 is 17.7 Å². The molecule has 2 bridgehead atoms. The third-order valence-corrected chi connectivity index (χ3v) is 9.97. The van der Waals surface area contributed by atoms with Gasteiger partial charge >= 0.3 is 0 Å². The lowest BCUT2D eigenvalue weighted by Crippen LogP contribution is -2.60. The maximum Gasteiger partial charge on any atom is 0.249 e. The van der Waals surface area contributed by atoms with Crippen LogP contribution in [0.3, 0.4) is 0 Å². The molecule has 0 radical (unpaired) electrons. The van der Waals surface area contributed by atoms with Crippen LogP contribution in [0.25, 0.3) is 0 Å². The molecule has 4 N–H and O–H groups in total. The Hall–Kier alpha value is -3.73. The molecule has 2 heterocycles. The van der Waals surface area contributed by atoms with Crippen LogP contribution in [0, 0.1) is 5.92 Å². The van der Waals surface area contributed by atoms with E-state index in [0.29, 0.717) is 38.8 Å². The van der Waals surface area contributed by atoms with E-state index in [-0.39, 0.29) is 48.8 Å². The lowest BCUT2D eigenvalue weighted by Gasteiger charge is -2.36. The van der Waals surface area contributed by atoms with Crippen LogP contribution in [0.1, 0.15) is 75.3 Å². The number of aliphatic hydroxyl groups excluding tert-OH is 1. The number of hydrogen-bond donors (Lipinski definition) is 4. The summed E-state index contributed by atoms with van der Waals surface area (Å²) in [5.74, 6) is -0.209. The number of carbonyl (C=O) groups excluding carboxylic acids is 3. The standard InChI is InChI=1S/C36H48N4O6/c1-5-23(2)36(39-24(3)41)16-17-40(35(36)44)31-13-9-10-18-46-33-21-29(28-20-26(45-4)14-15-27(28)33)37-22-32(42)30(38-34(31)43)19-25-11-7-6-8-12-25/h6-12,14-15,20,23,29-33,37,42H,5,13,16-19,21-22H2,1-4H3,(H,38,43)(H,39,41)/t23?,29-,30-,31-,32+,33+,36?/m0/s1. The molecule has 5 rings (SSSR count). The fourth-order valence-corrected chi connectivity index (χ4v) is 7.19. The van der Waals surface area contributed by atoms with Gasteiger partial charge in [0.25, 0.3) is 0 Å². The number of carbonyl (C=O) groups is 3. The molecular formula is C36H48N4O6. The molecule has 1 fully saturated rings. The van der Waals surface area contributed by atoms with E-state index in [4.69, 9.17) is 9.47 Å². The summed E-state index contributed by atoms with van der Waals surface area (Å²) in [5, 5.41) is 21.2. The highest BCUT2D eigenvalue weighted by Crippen LogP contribution is 2.42. The monoisotopic (exact) mass is 632 g/mol. The highest BCUT2D eigenvalue weighted by Gasteiger charge is 2.53. The van der Waals surface area contributed by atoms with Gasteiger partial charge in [-0.25, -0.2) is 0 Å². The number of ether oxygens (including phenoxy) is 2. The molecule has 2 aliphatic heterocycles. The Labute approximate surface area is 271 Å². The lowest BCUT2D eigenvalue weighted by molar-refractivity contribution is -0.144. The zero-order valence-corrected chi connectivity index (χ0v) is 27.3. The first kappa shape index (κ1) is 33.6. The first-order valence-electron chi connectivity index (χ1n) is 16.5. The van der Waals surface area contributed by atoms with Gasteiger partial charge < -0.3 is 35.4 Å². The van der Waals surface area contributed by atoms with Gasteiger partial charge in [-0.15, -0.1) is 0 Å². The molecule has 2 aromatic carbocycles. The van der Waals surface area contributed by atoms with Crippen molar-refractivity contribution in [3.05, 3.63) is 77.4 Å². The molecule has 7 atom stereocenters. The molecule has 0 aromatic heterocycles. The number of fused-ring (bicyclic) bond motifs is 5. The molecule has 248 valence electrons. The maximum absolute atomic E-state index is 14.2. The van der Waals surface area contributed by atoms with Crippen LogP contribution in [-0.4, -0.2) is 78.3 Å². The van der Waals surface area contributed by atoms with Gasteiger partial charge in [0, 0.05) is 26.1 Å². The molecule has 3 aliphatic rings. The zero-order chi connectivity index (χ0) is 32.8. The Bertz CT molecular complexity index is 1420. The Morgan fingerprint density at radius 2 is 1.96 bits per heavy atom. The van der Waals surface area contributed by atoms with Crippen molar-refractivity contribution in [1.82, 2.24) is 20.9 Å². The number of hydrogen-bond acceptors (Lipinski definition) is 7. The number of amides is 3. The summed E-state index contributed by atoms with van der Waals surface area (Å²) in [7, 11) is 1.64. The fraction of sp³-hybridized carbons (Fsp3) is 0.528. The maximum atomic E-state index is 14.2. The number of aliphatic hydroxyl groups is 1. The molecule has 1 aliphatic carbocycles. The van der Waals surface area contributed by atoms with Crippen LogP contribution in [0.2, 0.25) is 0 Å². The molecule has 2 aromatic rings. The average molecular weight is 633 g/mol. The molecular weight excluding hydrogens is 584 g/mol. The van der Waals surface area contributed by atoms with Crippen LogP contribution in [0.5, 0.6) is 5.75 Å². The summed E-state index contributed by atoms with van der Waals surface area (Å²) >= 11 is 0. The van der Waals surface area contributed by atoms with E-state index < -0.39 is 23.7 Å². The number of likely N-dealkylation sites (tertiary alicyclic amines) is 1. The van der Waals surface area contributed by atoms with E-state index in [1.54, 1.807) is 12.0 Å². The van der Waals surface area contributed by atoms with Crippen molar-refractivity contribution in [2.75, 3.05) is 26.8 Å². The topological polar surface area (TPSA) is 129 Å². The lowest BCUT2D eigenvalue weighted by atomic mass is 9.81. The largest absolute Gasteiger partial charge is 0.497 e. The number of nitrogens with one attached hydrogen (secondary N) is 3. The predicted octanol–water partition coefficient (Wildman–Crippen LogP) is 3.36. The molecule has 2 unspecified atom stereocenters. The normalized spacial score (nSPS) is 29.3. The second kappa shape index (κ2) is 14.8. The highest BCUT2D eigenvalue weighted by atomic mass is 16.5. The van der Waals surface area contributed by atoms with Gasteiger partial charge in [-0.1, -0.05) is 68.8 Å². The van der Waals surface area contributed by atoms with Gasteiger partial charge in [0.2, 0.25) is 17.7 Å². The third-order valence-electron chi connectivity index (χ3n) is 9.97. The Morgan fingerprint density at radius 3 is 2.67 bits per heavy atom. The Morgan fingerprint density at radius 1 is 1.17 bits per heavy atom. The van der Waals surface area contributed by atoms with Crippen LogP contribution in [0.15, 0.2) is 60.7 Å². The van der Waals surface area contributed by atoms with Crippen LogP contribution in [-0.2, 0) is 25.5 Å². The highest BCUT2D eigenvalue weighted by molar-refractivity contribution is 5.96. The number of β-amino-alcohol motifs (C(OH)–C–C–N with tert-alkyl or cyclic N) is 1. The van der Waals surface area contributed by atoms with Gasteiger partial charge in [0.15, 0.2) is 0 Å². The van der Waals surface area contributed by atoms with E-state index in [2.05, 4.69) is 16.0 Å². The van der Waals surface area contributed by atoms with Crippen molar-refractivity contribution < 1.29 is 29.0 Å². The van der Waals surface area contributed by atoms with E-state index in [1.807, 2.05) is 74.5 Å². The van der Waals surface area contributed by atoms with Crippen LogP contribution < -0.4 is 20.7 Å². The van der Waals surface area contributed by atoms with Crippen molar-refractivity contribution in [3.8, 4) is 5.75 Å². The predicted molar refractivity (Wildman–Crippen MR) is 175 cm³/mol. The van der Waals surface area contributed by atoms with Gasteiger partial charge in [0.1, 0.15) is 17.3 Å². The quantitative estimate of drug-likeness (QED) is 0.345. The summed E-state index contributed by atoms with van der Waals surface area (Å²) in [6, 6.07) is 14.2. The zero-order valence-electron chi connectivity index (χ0n) is 27.3. The van der Waals surface area contributed by atoms with Gasteiger partial charge in [0.05, 0.1) is 32.0 Å². The van der Waals surface area contributed by atoms with E-state index in [0.717, 1.165) is 22.4 Å². The summed E-state index contributed by atoms with van der Waals surface area (Å²) in [5.41, 5.74) is 2.08. The van der Waals surface area contributed by atoms with Gasteiger partial charge in [-0.2, -0.15) is 0 Å². The molecule has 46 heavy (non-hydrogen) atoms. The molecule has 0 spiro atoms. The van der Waals surface area contributed by atoms with Crippen molar-refractivity contribution in [2.24, 2.45) is 5.92 Å². The van der Waals surface area contributed by atoms with Gasteiger partial charge in [-0.3, -0.25) is 14.4 Å².